The van der Waals surface area contributed by atoms with Crippen LogP contribution in [0.3, 0.4) is 0 Å². The van der Waals surface area contributed by atoms with Gasteiger partial charge in [-0.15, -0.1) is 0 Å². The van der Waals surface area contributed by atoms with Gasteiger partial charge >= 0.3 is 0 Å². The predicted octanol–water partition coefficient (Wildman–Crippen LogP) is 6.47. The second-order valence-electron chi connectivity index (χ2n) is 13.6. The van der Waals surface area contributed by atoms with Crippen molar-refractivity contribution >= 4 is 22.5 Å². The first kappa shape index (κ1) is 35.4. The van der Waals surface area contributed by atoms with E-state index in [1.807, 2.05) is 11.0 Å². The van der Waals surface area contributed by atoms with Crippen LogP contribution in [0.2, 0.25) is 0 Å². The van der Waals surface area contributed by atoms with E-state index in [1.54, 1.807) is 53.4 Å². The molecule has 266 valence electrons. The van der Waals surface area contributed by atoms with E-state index < -0.39 is 18.3 Å². The number of aromatic nitrogens is 3. The van der Waals surface area contributed by atoms with Gasteiger partial charge in [-0.2, -0.15) is 0 Å². The topological polar surface area (TPSA) is 96.7 Å². The van der Waals surface area contributed by atoms with Crippen LogP contribution in [0, 0.1) is 29.5 Å². The second-order valence-corrected chi connectivity index (χ2v) is 13.6. The Hall–Kier alpha value is -4.45. The van der Waals surface area contributed by atoms with Gasteiger partial charge < -0.3 is 20.3 Å². The largest absolute Gasteiger partial charge is 0.497 e. The van der Waals surface area contributed by atoms with Gasteiger partial charge in [0.05, 0.1) is 30.1 Å². The smallest absolute Gasteiger partial charge is 0.261 e. The number of fused-ring (bicyclic) bond motifs is 1. The van der Waals surface area contributed by atoms with E-state index in [0.717, 1.165) is 6.42 Å². The summed E-state index contributed by atoms with van der Waals surface area (Å²) in [5.41, 5.74) is 1.93. The summed E-state index contributed by atoms with van der Waals surface area (Å²) < 4.78 is 49.2. The molecule has 0 bridgehead atoms. The van der Waals surface area contributed by atoms with Gasteiger partial charge in [0, 0.05) is 55.9 Å². The maximum atomic E-state index is 14.8. The van der Waals surface area contributed by atoms with E-state index in [1.165, 1.54) is 13.2 Å². The normalized spacial score (nSPS) is 23.2. The number of hydrogen-bond donors (Lipinski definition) is 2. The van der Waals surface area contributed by atoms with Crippen LogP contribution in [-0.4, -0.2) is 70.6 Å². The highest BCUT2D eigenvalue weighted by Gasteiger charge is 2.46. The molecule has 1 aliphatic heterocycles. The number of hydrogen-bond acceptors (Lipinski definition) is 6. The lowest BCUT2D eigenvalue weighted by Crippen LogP contribution is -2.57. The van der Waals surface area contributed by atoms with E-state index in [0.29, 0.717) is 82.0 Å². The van der Waals surface area contributed by atoms with E-state index >= 15 is 0 Å². The third-order valence-corrected chi connectivity index (χ3v) is 10.8. The van der Waals surface area contributed by atoms with Crippen molar-refractivity contribution in [2.24, 2.45) is 28.7 Å². The summed E-state index contributed by atoms with van der Waals surface area (Å²) in [6.07, 6.45) is 1.87. The van der Waals surface area contributed by atoms with E-state index in [2.05, 4.69) is 43.3 Å². The van der Waals surface area contributed by atoms with E-state index in [-0.39, 0.29) is 31.1 Å². The number of ether oxygens (including phenoxy) is 1. The van der Waals surface area contributed by atoms with Crippen LogP contribution in [-0.2, 0) is 13.0 Å². The first-order valence-corrected chi connectivity index (χ1v) is 17.5. The van der Waals surface area contributed by atoms with Crippen LogP contribution in [0.4, 0.5) is 18.9 Å². The van der Waals surface area contributed by atoms with Crippen LogP contribution in [0.1, 0.15) is 39.7 Å². The summed E-state index contributed by atoms with van der Waals surface area (Å²) in [5, 5.41) is 6.79. The number of guanidine groups is 1. The number of rotatable bonds is 10. The average molecular weight is 690 g/mol. The van der Waals surface area contributed by atoms with Crippen molar-refractivity contribution in [2.45, 2.75) is 65.6 Å². The third-order valence-electron chi connectivity index (χ3n) is 10.8. The molecule has 12 heteroatoms. The molecule has 0 amide bonds. The fraction of sp³-hybridized carbons (Fsp3) is 0.474. The van der Waals surface area contributed by atoms with Crippen molar-refractivity contribution in [3.05, 3.63) is 82.7 Å². The Morgan fingerprint density at radius 2 is 1.92 bits per heavy atom. The number of benzene rings is 2. The number of halogens is 3. The number of alkyl halides is 2. The summed E-state index contributed by atoms with van der Waals surface area (Å²) in [6, 6.07) is 12.6. The summed E-state index contributed by atoms with van der Waals surface area (Å²) in [6.45, 7) is 10.2. The Morgan fingerprint density at radius 1 is 1.12 bits per heavy atom. The zero-order valence-electron chi connectivity index (χ0n) is 29.2. The molecule has 0 spiro atoms. The summed E-state index contributed by atoms with van der Waals surface area (Å²) in [7, 11) is 1.48. The van der Waals surface area contributed by atoms with Crippen LogP contribution in [0.15, 0.2) is 70.7 Å². The summed E-state index contributed by atoms with van der Waals surface area (Å²) in [4.78, 5) is 30.4. The molecular formula is C38H46F3N7O2. The minimum Gasteiger partial charge on any atom is -0.497 e. The first-order valence-electron chi connectivity index (χ1n) is 17.5. The zero-order chi connectivity index (χ0) is 35.5. The summed E-state index contributed by atoms with van der Waals surface area (Å²) in [5.74, 6) is 2.98. The number of aliphatic imine (C=N–C) groups is 1. The number of nitrogens with one attached hydrogen (secondary N) is 2. The third kappa shape index (κ3) is 7.21. The molecule has 50 heavy (non-hydrogen) atoms. The number of nitrogens with zero attached hydrogens (tertiary/aromatic N) is 5. The molecule has 1 aliphatic carbocycles. The molecule has 1 saturated heterocycles. The Labute approximate surface area is 291 Å². The highest BCUT2D eigenvalue weighted by atomic mass is 19.3. The zero-order valence-corrected chi connectivity index (χ0v) is 29.2. The molecule has 9 nitrogen and oxygen atoms in total. The quantitative estimate of drug-likeness (QED) is 0.146. The lowest BCUT2D eigenvalue weighted by molar-refractivity contribution is -0.00343. The molecule has 4 aromatic rings. The molecule has 2 aliphatic rings. The number of pyridine rings is 1. The lowest BCUT2D eigenvalue weighted by Gasteiger charge is -2.50. The van der Waals surface area contributed by atoms with Gasteiger partial charge in [0.1, 0.15) is 17.4 Å². The van der Waals surface area contributed by atoms with Gasteiger partial charge in [-0.05, 0) is 78.5 Å². The van der Waals surface area contributed by atoms with Gasteiger partial charge in [-0.25, -0.2) is 23.1 Å². The van der Waals surface area contributed by atoms with Gasteiger partial charge in [0.2, 0.25) is 0 Å². The van der Waals surface area contributed by atoms with Crippen molar-refractivity contribution in [1.82, 2.24) is 24.8 Å². The molecule has 2 aromatic carbocycles. The van der Waals surface area contributed by atoms with Crippen LogP contribution in [0.5, 0.6) is 5.75 Å². The molecule has 2 aromatic heterocycles. The molecule has 0 radical (unpaired) electrons. The second kappa shape index (κ2) is 15.2. The van der Waals surface area contributed by atoms with Gasteiger partial charge in [-0.3, -0.25) is 14.3 Å². The van der Waals surface area contributed by atoms with Crippen molar-refractivity contribution in [3.63, 3.8) is 0 Å². The van der Waals surface area contributed by atoms with E-state index in [9.17, 15) is 18.0 Å². The molecule has 1 saturated carbocycles. The lowest BCUT2D eigenvalue weighted by atomic mass is 9.56. The highest BCUT2D eigenvalue weighted by Crippen LogP contribution is 2.48. The molecule has 3 heterocycles. The van der Waals surface area contributed by atoms with Crippen molar-refractivity contribution in [1.29, 1.82) is 0 Å². The minimum atomic E-state index is -2.51. The number of anilines is 1. The van der Waals surface area contributed by atoms with Crippen molar-refractivity contribution < 1.29 is 17.9 Å². The van der Waals surface area contributed by atoms with E-state index in [4.69, 9.17) is 14.7 Å². The SMILES string of the molecule is CC[C@@H](N=C(Nc1ccc2c(=O)n(CCc3ccc(OC)cc3F)c(-c3cccnc3)nc2c1)N1CCN[C@@H](C(F)F)C1)C1[C@@H](C)C(C)[C@@H]1C. The van der Waals surface area contributed by atoms with Crippen LogP contribution in [0.25, 0.3) is 22.3 Å². The fourth-order valence-corrected chi connectivity index (χ4v) is 7.59. The Morgan fingerprint density at radius 3 is 2.60 bits per heavy atom. The predicted molar refractivity (Wildman–Crippen MR) is 191 cm³/mol. The van der Waals surface area contributed by atoms with Gasteiger partial charge in [0.25, 0.3) is 12.0 Å². The monoisotopic (exact) mass is 689 g/mol. The molecule has 0 unspecified atom stereocenters. The summed E-state index contributed by atoms with van der Waals surface area (Å²) >= 11 is 0. The Bertz CT molecular complexity index is 1880. The van der Waals surface area contributed by atoms with Crippen LogP contribution < -0.4 is 20.9 Å². The molecule has 2 N–H and O–H groups in total. The molecule has 2 fully saturated rings. The number of methoxy groups -OCH3 is 1. The molecular weight excluding hydrogens is 643 g/mol. The number of piperazine rings is 1. The van der Waals surface area contributed by atoms with Crippen molar-refractivity contribution in [2.75, 3.05) is 32.1 Å². The molecule has 6 rings (SSSR count). The van der Waals surface area contributed by atoms with Crippen LogP contribution >= 0.6 is 0 Å². The standard InChI is InChI=1S/C38H46F3N7O2/c1-6-31(34-23(3)22(2)24(34)4)46-38(47-17-15-43-33(21-47)35(40)41)44-27-10-12-29-32(18-27)45-36(26-8-7-14-42-20-26)48(37(29)49)16-13-25-9-11-28(50-5)19-30(25)39/h7-12,14,18-20,22-24,31,33-35,43H,6,13,15-17,21H2,1-5H3,(H,44,46)/t22?,23-,24-,31+,33+,34?/m0/s1. The minimum absolute atomic E-state index is 0.0251. The van der Waals surface area contributed by atoms with Gasteiger partial charge in [-0.1, -0.05) is 33.8 Å². The average Bonchev–Trinajstić information content (AvgIpc) is 3.14. The highest BCUT2D eigenvalue weighted by molar-refractivity contribution is 5.96. The van der Waals surface area contributed by atoms with Gasteiger partial charge in [0.15, 0.2) is 5.96 Å². The fourth-order valence-electron chi connectivity index (χ4n) is 7.59. The Kier molecular flexibility index (Phi) is 10.8. The van der Waals surface area contributed by atoms with Crippen molar-refractivity contribution in [3.8, 4) is 17.1 Å². The maximum Gasteiger partial charge on any atom is 0.261 e. The first-order chi connectivity index (χ1) is 24.1. The number of aryl methyl sites for hydroxylation is 1. The Balaban J connectivity index is 1.37. The molecule has 4 atom stereocenters. The maximum absolute atomic E-state index is 14.8.